The monoisotopic (exact) mass is 467 g/mol. The van der Waals surface area contributed by atoms with Crippen molar-refractivity contribution in [3.63, 3.8) is 0 Å². The molecule has 1 fully saturated rings. The van der Waals surface area contributed by atoms with Gasteiger partial charge in [0.25, 0.3) is 0 Å². The minimum atomic E-state index is -0.894. The predicted molar refractivity (Wildman–Crippen MR) is 131 cm³/mol. The molecule has 1 heterocycles. The topological polar surface area (TPSA) is 99.2 Å². The van der Waals surface area contributed by atoms with Crippen molar-refractivity contribution in [3.05, 3.63) is 60.2 Å². The minimum Gasteiger partial charge on any atom is -0.481 e. The number of anilines is 2. The first-order valence-corrected chi connectivity index (χ1v) is 11.4. The number of carbonyl (C=O) groups is 3. The molecular formula is C26H33N3O5. The number of urea groups is 1. The normalized spacial score (nSPS) is 16.6. The highest BCUT2D eigenvalue weighted by molar-refractivity contribution is 6.01. The van der Waals surface area contributed by atoms with Gasteiger partial charge in [0, 0.05) is 31.5 Å². The van der Waals surface area contributed by atoms with Crippen molar-refractivity contribution < 1.29 is 24.2 Å². The standard InChI is InChI=1S/C26H33N3O5/c1-26(2,3)34-25(33)29-14-13-19(17-29)22(23(30)31)16-18-9-8-10-20(15-18)27-24(32)28(4)21-11-6-5-7-12-21/h5-12,15,19,22H,13-14,16-17H2,1-4H3,(H,27,32)(H,30,31)/t19-,22-/m0/s1. The lowest BCUT2D eigenvalue weighted by Gasteiger charge is -2.25. The Kier molecular flexibility index (Phi) is 7.81. The zero-order chi connectivity index (χ0) is 24.9. The first-order valence-electron chi connectivity index (χ1n) is 11.4. The van der Waals surface area contributed by atoms with Gasteiger partial charge in [-0.25, -0.2) is 9.59 Å². The number of aliphatic carboxylic acids is 1. The Balaban J connectivity index is 1.64. The number of ether oxygens (including phenoxy) is 1. The highest BCUT2D eigenvalue weighted by Gasteiger charge is 2.37. The second kappa shape index (κ2) is 10.6. The zero-order valence-electron chi connectivity index (χ0n) is 20.2. The second-order valence-electron chi connectivity index (χ2n) is 9.65. The predicted octanol–water partition coefficient (Wildman–Crippen LogP) is 4.86. The quantitative estimate of drug-likeness (QED) is 0.632. The Labute approximate surface area is 200 Å². The summed E-state index contributed by atoms with van der Waals surface area (Å²) in [4.78, 5) is 40.2. The summed E-state index contributed by atoms with van der Waals surface area (Å²) in [6, 6.07) is 16.2. The van der Waals surface area contributed by atoms with Crippen molar-refractivity contribution in [2.24, 2.45) is 11.8 Å². The van der Waals surface area contributed by atoms with E-state index in [-0.39, 0.29) is 11.9 Å². The molecule has 0 aromatic heterocycles. The summed E-state index contributed by atoms with van der Waals surface area (Å²) < 4.78 is 5.43. The maximum atomic E-state index is 12.6. The number of amides is 3. The van der Waals surface area contributed by atoms with E-state index in [9.17, 15) is 19.5 Å². The molecule has 2 N–H and O–H groups in total. The van der Waals surface area contributed by atoms with Gasteiger partial charge in [-0.3, -0.25) is 9.69 Å². The van der Waals surface area contributed by atoms with Gasteiger partial charge in [-0.2, -0.15) is 0 Å². The van der Waals surface area contributed by atoms with Crippen LogP contribution in [0.15, 0.2) is 54.6 Å². The Bertz CT molecular complexity index is 1020. The molecule has 182 valence electrons. The van der Waals surface area contributed by atoms with Crippen molar-refractivity contribution >= 4 is 29.5 Å². The molecule has 8 nitrogen and oxygen atoms in total. The van der Waals surface area contributed by atoms with Gasteiger partial charge in [-0.15, -0.1) is 0 Å². The molecule has 2 aromatic rings. The molecule has 1 aliphatic heterocycles. The van der Waals surface area contributed by atoms with Crippen LogP contribution >= 0.6 is 0 Å². The fraction of sp³-hybridized carbons (Fsp3) is 0.423. The molecule has 0 bridgehead atoms. The van der Waals surface area contributed by atoms with Crippen LogP contribution in [0.3, 0.4) is 0 Å². The number of hydrogen-bond acceptors (Lipinski definition) is 4. The number of nitrogens with one attached hydrogen (secondary N) is 1. The van der Waals surface area contributed by atoms with Crippen molar-refractivity contribution in [1.29, 1.82) is 0 Å². The lowest BCUT2D eigenvalue weighted by atomic mass is 9.86. The fourth-order valence-corrected chi connectivity index (χ4v) is 4.07. The van der Waals surface area contributed by atoms with E-state index >= 15 is 0 Å². The van der Waals surface area contributed by atoms with Gasteiger partial charge in [-0.1, -0.05) is 30.3 Å². The molecule has 2 atom stereocenters. The number of nitrogens with zero attached hydrogens (tertiary/aromatic N) is 2. The molecular weight excluding hydrogens is 434 g/mol. The summed E-state index contributed by atoms with van der Waals surface area (Å²) in [6.07, 6.45) is 0.501. The molecule has 0 unspecified atom stereocenters. The average molecular weight is 468 g/mol. The lowest BCUT2D eigenvalue weighted by molar-refractivity contribution is -0.143. The minimum absolute atomic E-state index is 0.174. The van der Waals surface area contributed by atoms with Gasteiger partial charge in [0.05, 0.1) is 5.92 Å². The largest absolute Gasteiger partial charge is 0.481 e. The van der Waals surface area contributed by atoms with E-state index < -0.39 is 23.6 Å². The van der Waals surface area contributed by atoms with Crippen LogP contribution in [0.1, 0.15) is 32.8 Å². The highest BCUT2D eigenvalue weighted by Crippen LogP contribution is 2.29. The van der Waals surface area contributed by atoms with E-state index in [1.165, 1.54) is 4.90 Å². The molecule has 0 saturated carbocycles. The number of benzene rings is 2. The molecule has 2 aromatic carbocycles. The Morgan fingerprint density at radius 1 is 1.15 bits per heavy atom. The summed E-state index contributed by atoms with van der Waals surface area (Å²) in [5, 5.41) is 12.8. The van der Waals surface area contributed by atoms with Crippen LogP contribution in [-0.4, -0.2) is 53.8 Å². The van der Waals surface area contributed by atoms with Gasteiger partial charge in [0.2, 0.25) is 0 Å². The zero-order valence-corrected chi connectivity index (χ0v) is 20.2. The van der Waals surface area contributed by atoms with Gasteiger partial charge in [0.1, 0.15) is 5.60 Å². The molecule has 34 heavy (non-hydrogen) atoms. The highest BCUT2D eigenvalue weighted by atomic mass is 16.6. The second-order valence-corrected chi connectivity index (χ2v) is 9.65. The molecule has 8 heteroatoms. The van der Waals surface area contributed by atoms with E-state index in [4.69, 9.17) is 4.74 Å². The van der Waals surface area contributed by atoms with E-state index in [2.05, 4.69) is 5.32 Å². The van der Waals surface area contributed by atoms with Gasteiger partial charge in [-0.05, 0) is 69.4 Å². The van der Waals surface area contributed by atoms with E-state index in [1.54, 1.807) is 30.1 Å². The Hall–Kier alpha value is -3.55. The fourth-order valence-electron chi connectivity index (χ4n) is 4.07. The number of carboxylic acid groups (broad SMARTS) is 1. The Morgan fingerprint density at radius 3 is 2.50 bits per heavy atom. The van der Waals surface area contributed by atoms with Crippen molar-refractivity contribution in [2.45, 2.75) is 39.2 Å². The van der Waals surface area contributed by atoms with E-state index in [0.717, 1.165) is 11.3 Å². The maximum absolute atomic E-state index is 12.6. The summed E-state index contributed by atoms with van der Waals surface area (Å²) in [5.41, 5.74) is 1.57. The summed E-state index contributed by atoms with van der Waals surface area (Å²) >= 11 is 0. The van der Waals surface area contributed by atoms with Crippen molar-refractivity contribution in [2.75, 3.05) is 30.4 Å². The molecule has 1 aliphatic rings. The third-order valence-electron chi connectivity index (χ3n) is 5.84. The van der Waals surface area contributed by atoms with Crippen LogP contribution < -0.4 is 10.2 Å². The van der Waals surface area contributed by atoms with E-state index in [0.29, 0.717) is 31.6 Å². The molecule has 3 rings (SSSR count). The number of carbonyl (C=O) groups excluding carboxylic acids is 2. The first-order chi connectivity index (χ1) is 16.0. The number of hydrogen-bond donors (Lipinski definition) is 2. The summed E-state index contributed by atoms with van der Waals surface area (Å²) in [6.45, 7) is 6.25. The van der Waals surface area contributed by atoms with Gasteiger partial charge < -0.3 is 20.1 Å². The number of carboxylic acids is 1. The maximum Gasteiger partial charge on any atom is 0.410 e. The summed E-state index contributed by atoms with van der Waals surface area (Å²) in [5.74, 6) is -1.72. The van der Waals surface area contributed by atoms with Crippen LogP contribution in [0.5, 0.6) is 0 Å². The Morgan fingerprint density at radius 2 is 1.85 bits per heavy atom. The van der Waals surface area contributed by atoms with Crippen molar-refractivity contribution in [1.82, 2.24) is 4.90 Å². The van der Waals surface area contributed by atoms with Crippen LogP contribution in [0.25, 0.3) is 0 Å². The molecule has 3 amide bonds. The SMILES string of the molecule is CN(C(=O)Nc1cccc(C[C@H](C(=O)O)[C@H]2CCN(C(=O)OC(C)(C)C)C2)c1)c1ccccc1. The average Bonchev–Trinajstić information content (AvgIpc) is 3.26. The smallest absolute Gasteiger partial charge is 0.410 e. The van der Waals surface area contributed by atoms with Crippen LogP contribution in [0, 0.1) is 11.8 Å². The molecule has 0 spiro atoms. The molecule has 0 aliphatic carbocycles. The van der Waals surface area contributed by atoms with Crippen LogP contribution in [0.4, 0.5) is 21.0 Å². The van der Waals surface area contributed by atoms with E-state index in [1.807, 2.05) is 57.2 Å². The number of rotatable bonds is 6. The number of para-hydroxylation sites is 1. The van der Waals surface area contributed by atoms with Crippen molar-refractivity contribution in [3.8, 4) is 0 Å². The third kappa shape index (κ3) is 6.73. The van der Waals surface area contributed by atoms with Crippen LogP contribution in [0.2, 0.25) is 0 Å². The van der Waals surface area contributed by atoms with Gasteiger partial charge in [0.15, 0.2) is 0 Å². The third-order valence-corrected chi connectivity index (χ3v) is 5.84. The molecule has 1 saturated heterocycles. The summed E-state index contributed by atoms with van der Waals surface area (Å²) in [7, 11) is 1.69. The molecule has 0 radical (unpaired) electrons. The first kappa shape index (κ1) is 25.1. The van der Waals surface area contributed by atoms with Crippen LogP contribution in [-0.2, 0) is 16.0 Å². The lowest BCUT2D eigenvalue weighted by Crippen LogP contribution is -2.36. The number of likely N-dealkylation sites (tertiary alicyclic amines) is 1. The van der Waals surface area contributed by atoms with Gasteiger partial charge >= 0.3 is 18.1 Å².